The molecule has 0 radical (unpaired) electrons. The lowest BCUT2D eigenvalue weighted by molar-refractivity contribution is -0.137. The lowest BCUT2D eigenvalue weighted by Gasteiger charge is -2.15. The highest BCUT2D eigenvalue weighted by Gasteiger charge is 2.49. The molecule has 94 valence electrons. The van der Waals surface area contributed by atoms with Crippen LogP contribution in [0.15, 0.2) is 22.8 Å². The van der Waals surface area contributed by atoms with Gasteiger partial charge in [0.25, 0.3) is 0 Å². The molecular formula is C13H10F2O3. The van der Waals surface area contributed by atoms with Crippen molar-refractivity contribution in [3.05, 3.63) is 35.6 Å². The van der Waals surface area contributed by atoms with Crippen molar-refractivity contribution in [2.24, 2.45) is 0 Å². The zero-order chi connectivity index (χ0) is 12.9. The van der Waals surface area contributed by atoms with Crippen LogP contribution in [0.2, 0.25) is 0 Å². The largest absolute Gasteiger partial charge is 0.481 e. The summed E-state index contributed by atoms with van der Waals surface area (Å²) in [4.78, 5) is 10.9. The fraction of sp³-hybridized carbons (Fsp3) is 0.308. The van der Waals surface area contributed by atoms with Gasteiger partial charge in [-0.3, -0.25) is 4.79 Å². The molecule has 3 rings (SSSR count). The number of fused-ring (bicyclic) bond motifs is 1. The van der Waals surface area contributed by atoms with E-state index >= 15 is 0 Å². The summed E-state index contributed by atoms with van der Waals surface area (Å²) in [5.74, 6) is -2.43. The van der Waals surface area contributed by atoms with Crippen LogP contribution in [-0.2, 0) is 10.2 Å². The predicted octanol–water partition coefficient (Wildman–Crippen LogP) is 3.22. The number of aliphatic carboxylic acids is 1. The predicted molar refractivity (Wildman–Crippen MR) is 59.3 cm³/mol. The van der Waals surface area contributed by atoms with Crippen LogP contribution in [0.4, 0.5) is 8.78 Å². The third kappa shape index (κ3) is 1.50. The molecule has 0 unspecified atom stereocenters. The molecule has 3 nitrogen and oxygen atoms in total. The molecule has 0 aliphatic heterocycles. The fourth-order valence-corrected chi connectivity index (χ4v) is 2.56. The van der Waals surface area contributed by atoms with Crippen molar-refractivity contribution in [1.82, 2.24) is 0 Å². The number of benzene rings is 1. The molecular weight excluding hydrogens is 242 g/mol. The van der Waals surface area contributed by atoms with Crippen molar-refractivity contribution in [1.29, 1.82) is 0 Å². The minimum absolute atomic E-state index is 0.0111. The maximum atomic E-state index is 14.0. The van der Waals surface area contributed by atoms with Gasteiger partial charge in [-0.2, -0.15) is 0 Å². The number of furan rings is 1. The molecule has 5 heteroatoms. The van der Waals surface area contributed by atoms with Gasteiger partial charge in [-0.15, -0.1) is 0 Å². The van der Waals surface area contributed by atoms with Crippen molar-refractivity contribution < 1.29 is 23.1 Å². The first-order chi connectivity index (χ1) is 8.53. The number of carboxylic acid groups (broad SMARTS) is 1. The summed E-state index contributed by atoms with van der Waals surface area (Å²) in [6.07, 6.45) is 2.34. The van der Waals surface area contributed by atoms with E-state index in [1.54, 1.807) is 0 Å². The zero-order valence-corrected chi connectivity index (χ0v) is 9.37. The quantitative estimate of drug-likeness (QED) is 0.912. The van der Waals surface area contributed by atoms with Crippen molar-refractivity contribution in [3.63, 3.8) is 0 Å². The zero-order valence-electron chi connectivity index (χ0n) is 9.37. The van der Waals surface area contributed by atoms with Gasteiger partial charge in [0.05, 0.1) is 12.7 Å². The van der Waals surface area contributed by atoms with Crippen LogP contribution < -0.4 is 0 Å². The van der Waals surface area contributed by atoms with Crippen LogP contribution in [0.5, 0.6) is 0 Å². The van der Waals surface area contributed by atoms with Crippen LogP contribution in [-0.4, -0.2) is 11.1 Å². The van der Waals surface area contributed by atoms with E-state index in [-0.39, 0.29) is 17.6 Å². The third-order valence-electron chi connectivity index (χ3n) is 3.52. The SMILES string of the molecule is O=C(O)CC1(c2c(F)cc(F)c3occc23)CC1. The van der Waals surface area contributed by atoms with Crippen LogP contribution >= 0.6 is 0 Å². The first-order valence-corrected chi connectivity index (χ1v) is 5.61. The summed E-state index contributed by atoms with van der Waals surface area (Å²) in [6.45, 7) is 0. The van der Waals surface area contributed by atoms with E-state index in [0.29, 0.717) is 18.2 Å². The van der Waals surface area contributed by atoms with Crippen molar-refractivity contribution in [3.8, 4) is 0 Å². The van der Waals surface area contributed by atoms with E-state index in [0.717, 1.165) is 6.07 Å². The lowest BCUT2D eigenvalue weighted by atomic mass is 9.89. The van der Waals surface area contributed by atoms with Crippen LogP contribution in [0.3, 0.4) is 0 Å². The summed E-state index contributed by atoms with van der Waals surface area (Å²) in [6, 6.07) is 2.25. The Balaban J connectivity index is 2.23. The number of hydrogen-bond acceptors (Lipinski definition) is 2. The van der Waals surface area contributed by atoms with E-state index in [4.69, 9.17) is 9.52 Å². The molecule has 1 fully saturated rings. The fourth-order valence-electron chi connectivity index (χ4n) is 2.56. The number of carbonyl (C=O) groups is 1. The third-order valence-corrected chi connectivity index (χ3v) is 3.52. The molecule has 0 spiro atoms. The lowest BCUT2D eigenvalue weighted by Crippen LogP contribution is -2.15. The molecule has 0 saturated heterocycles. The van der Waals surface area contributed by atoms with Gasteiger partial charge in [-0.05, 0) is 18.9 Å². The first kappa shape index (κ1) is 11.2. The van der Waals surface area contributed by atoms with Gasteiger partial charge in [0.1, 0.15) is 5.82 Å². The molecule has 1 aliphatic carbocycles. The summed E-state index contributed by atoms with van der Waals surface area (Å²) >= 11 is 0. The van der Waals surface area contributed by atoms with Crippen LogP contribution in [0, 0.1) is 11.6 Å². The van der Waals surface area contributed by atoms with Gasteiger partial charge >= 0.3 is 5.97 Å². The van der Waals surface area contributed by atoms with E-state index in [1.165, 1.54) is 12.3 Å². The standard InChI is InChI=1S/C13H10F2O3/c14-8-5-9(15)12-7(1-4-18-12)11(8)13(2-3-13)6-10(16)17/h1,4-5H,2-3,6H2,(H,16,17). The highest BCUT2D eigenvalue weighted by molar-refractivity contribution is 5.84. The monoisotopic (exact) mass is 252 g/mol. The van der Waals surface area contributed by atoms with E-state index in [1.807, 2.05) is 0 Å². The topological polar surface area (TPSA) is 50.4 Å². The van der Waals surface area contributed by atoms with Crippen molar-refractivity contribution in [2.45, 2.75) is 24.7 Å². The summed E-state index contributed by atoms with van der Waals surface area (Å²) in [5.41, 5.74) is -0.440. The molecule has 1 saturated carbocycles. The van der Waals surface area contributed by atoms with Gasteiger partial charge < -0.3 is 9.52 Å². The smallest absolute Gasteiger partial charge is 0.304 e. The second kappa shape index (κ2) is 3.54. The highest BCUT2D eigenvalue weighted by Crippen LogP contribution is 2.54. The van der Waals surface area contributed by atoms with Gasteiger partial charge in [-0.25, -0.2) is 8.78 Å². The van der Waals surface area contributed by atoms with E-state index < -0.39 is 23.0 Å². The molecule has 2 aromatic rings. The Labute approximate surface area is 101 Å². The van der Waals surface area contributed by atoms with Gasteiger partial charge in [0.2, 0.25) is 0 Å². The second-order valence-electron chi connectivity index (χ2n) is 4.73. The van der Waals surface area contributed by atoms with Crippen molar-refractivity contribution in [2.75, 3.05) is 0 Å². The van der Waals surface area contributed by atoms with Gasteiger partial charge in [-0.1, -0.05) is 0 Å². The summed E-state index contributed by atoms with van der Waals surface area (Å²) in [5, 5.41) is 9.24. The molecule has 0 atom stereocenters. The Morgan fingerprint density at radius 3 is 2.72 bits per heavy atom. The molecule has 1 heterocycles. The molecule has 1 aromatic heterocycles. The first-order valence-electron chi connectivity index (χ1n) is 5.61. The Morgan fingerprint density at radius 2 is 2.11 bits per heavy atom. The van der Waals surface area contributed by atoms with E-state index in [9.17, 15) is 13.6 Å². The number of hydrogen-bond donors (Lipinski definition) is 1. The normalized spacial score (nSPS) is 17.0. The van der Waals surface area contributed by atoms with E-state index in [2.05, 4.69) is 0 Å². The minimum atomic E-state index is -0.979. The molecule has 18 heavy (non-hydrogen) atoms. The molecule has 1 aliphatic rings. The molecule has 0 amide bonds. The summed E-state index contributed by atoms with van der Waals surface area (Å²) < 4.78 is 32.4. The molecule has 1 aromatic carbocycles. The van der Waals surface area contributed by atoms with Gasteiger partial charge in [0, 0.05) is 22.4 Å². The van der Waals surface area contributed by atoms with Crippen LogP contribution in [0.25, 0.3) is 11.0 Å². The maximum Gasteiger partial charge on any atom is 0.304 e. The molecule has 0 bridgehead atoms. The second-order valence-corrected chi connectivity index (χ2v) is 4.73. The summed E-state index contributed by atoms with van der Waals surface area (Å²) in [7, 11) is 0. The Hall–Kier alpha value is -1.91. The molecule has 1 N–H and O–H groups in total. The average molecular weight is 252 g/mol. The number of carboxylic acids is 1. The van der Waals surface area contributed by atoms with Gasteiger partial charge in [0.15, 0.2) is 11.4 Å². The van der Waals surface area contributed by atoms with Crippen LogP contribution in [0.1, 0.15) is 24.8 Å². The Morgan fingerprint density at radius 1 is 1.39 bits per heavy atom. The average Bonchev–Trinajstić information content (AvgIpc) is 2.86. The maximum absolute atomic E-state index is 14.0. The minimum Gasteiger partial charge on any atom is -0.481 e. The Bertz CT molecular complexity index is 641. The Kier molecular flexibility index (Phi) is 2.20. The number of halogens is 2. The highest BCUT2D eigenvalue weighted by atomic mass is 19.1. The number of rotatable bonds is 3. The van der Waals surface area contributed by atoms with Crippen molar-refractivity contribution >= 4 is 16.9 Å².